The Morgan fingerprint density at radius 1 is 1.12 bits per heavy atom. The molecule has 1 aliphatic rings. The normalized spacial score (nSPS) is 21.3. The topological polar surface area (TPSA) is 32.7 Å². The number of aliphatic hydroxyl groups is 1. The van der Waals surface area contributed by atoms with E-state index in [1.54, 1.807) is 6.07 Å². The third-order valence-electron chi connectivity index (χ3n) is 4.12. The zero-order valence-corrected chi connectivity index (χ0v) is 14.0. The van der Waals surface area contributed by atoms with E-state index in [4.69, 9.17) is 16.3 Å². The van der Waals surface area contributed by atoms with Gasteiger partial charge in [-0.1, -0.05) is 17.7 Å². The van der Waals surface area contributed by atoms with Crippen molar-refractivity contribution in [3.05, 3.63) is 64.4 Å². The average Bonchev–Trinajstić information content (AvgIpc) is 2.53. The predicted molar refractivity (Wildman–Crippen MR) is 88.1 cm³/mol. The van der Waals surface area contributed by atoms with Gasteiger partial charge in [-0.15, -0.1) is 0 Å². The molecular formula is C18H17ClF3NO2. The van der Waals surface area contributed by atoms with Crippen molar-refractivity contribution >= 4 is 11.6 Å². The molecule has 1 saturated heterocycles. The Morgan fingerprint density at radius 2 is 1.84 bits per heavy atom. The van der Waals surface area contributed by atoms with E-state index < -0.39 is 29.7 Å². The predicted octanol–water partition coefficient (Wildman–Crippen LogP) is 3.77. The minimum atomic E-state index is -0.822. The SMILES string of the molecule is O[C@@H]1CN(Cc2ccc(Cl)c(F)c2)CC[C@H]1Oc1cc(F)cc(F)c1. The average molecular weight is 372 g/mol. The van der Waals surface area contributed by atoms with Crippen molar-refractivity contribution < 1.29 is 23.0 Å². The number of nitrogens with zero attached hydrogens (tertiary/aromatic N) is 1. The lowest BCUT2D eigenvalue weighted by molar-refractivity contribution is -0.0277. The maximum atomic E-state index is 13.5. The summed E-state index contributed by atoms with van der Waals surface area (Å²) in [6.45, 7) is 1.38. The summed E-state index contributed by atoms with van der Waals surface area (Å²) in [6.07, 6.45) is -0.897. The molecule has 0 aliphatic carbocycles. The van der Waals surface area contributed by atoms with Crippen LogP contribution in [0.25, 0.3) is 0 Å². The first-order chi connectivity index (χ1) is 11.9. The molecular weight excluding hydrogens is 355 g/mol. The molecule has 2 atom stereocenters. The number of rotatable bonds is 4. The van der Waals surface area contributed by atoms with Crippen LogP contribution in [0.4, 0.5) is 13.2 Å². The zero-order chi connectivity index (χ0) is 18.0. The number of β-amino-alcohol motifs (C(OH)–C–C–N with tert-alkyl or cyclic N) is 1. The van der Waals surface area contributed by atoms with Crippen LogP contribution in [0.15, 0.2) is 36.4 Å². The van der Waals surface area contributed by atoms with Gasteiger partial charge in [0.25, 0.3) is 0 Å². The van der Waals surface area contributed by atoms with Crippen molar-refractivity contribution in [1.29, 1.82) is 0 Å². The molecule has 0 spiro atoms. The number of hydrogen-bond acceptors (Lipinski definition) is 3. The van der Waals surface area contributed by atoms with Crippen molar-refractivity contribution in [2.45, 2.75) is 25.2 Å². The second-order valence-electron chi connectivity index (χ2n) is 6.10. The molecule has 1 aliphatic heterocycles. The number of benzene rings is 2. The van der Waals surface area contributed by atoms with E-state index in [0.717, 1.165) is 23.8 Å². The molecule has 7 heteroatoms. The Balaban J connectivity index is 1.59. The highest BCUT2D eigenvalue weighted by molar-refractivity contribution is 6.30. The van der Waals surface area contributed by atoms with Crippen molar-refractivity contribution in [2.75, 3.05) is 13.1 Å². The van der Waals surface area contributed by atoms with Gasteiger partial charge in [-0.25, -0.2) is 13.2 Å². The third kappa shape index (κ3) is 4.66. The number of halogens is 4. The standard InChI is InChI=1S/C18H17ClF3NO2/c19-15-2-1-11(5-16(15)22)9-23-4-3-18(17(24)10-23)25-14-7-12(20)6-13(21)8-14/h1-2,5-8,17-18,24H,3-4,9-10H2/t17-,18-/m1/s1. The van der Waals surface area contributed by atoms with Gasteiger partial charge < -0.3 is 9.84 Å². The van der Waals surface area contributed by atoms with E-state index in [1.165, 1.54) is 12.1 Å². The summed E-state index contributed by atoms with van der Waals surface area (Å²) in [5, 5.41) is 10.3. The molecule has 3 rings (SSSR count). The number of aliphatic hydroxyl groups excluding tert-OH is 1. The molecule has 0 unspecified atom stereocenters. The monoisotopic (exact) mass is 371 g/mol. The molecule has 0 amide bonds. The largest absolute Gasteiger partial charge is 0.487 e. The maximum Gasteiger partial charge on any atom is 0.142 e. The van der Waals surface area contributed by atoms with E-state index in [2.05, 4.69) is 0 Å². The number of likely N-dealkylation sites (tertiary alicyclic amines) is 1. The van der Waals surface area contributed by atoms with Gasteiger partial charge in [0.2, 0.25) is 0 Å². The minimum absolute atomic E-state index is 0.0507. The second-order valence-corrected chi connectivity index (χ2v) is 6.51. The summed E-state index contributed by atoms with van der Waals surface area (Å²) < 4.78 is 45.5. The van der Waals surface area contributed by atoms with Gasteiger partial charge in [-0.05, 0) is 24.1 Å². The molecule has 0 radical (unpaired) electrons. The second kappa shape index (κ2) is 7.64. The molecule has 0 saturated carbocycles. The van der Waals surface area contributed by atoms with E-state index in [9.17, 15) is 18.3 Å². The fraction of sp³-hybridized carbons (Fsp3) is 0.333. The van der Waals surface area contributed by atoms with Gasteiger partial charge >= 0.3 is 0 Å². The van der Waals surface area contributed by atoms with Gasteiger partial charge in [0.15, 0.2) is 0 Å². The van der Waals surface area contributed by atoms with E-state index in [1.807, 2.05) is 4.90 Å². The Morgan fingerprint density at radius 3 is 2.48 bits per heavy atom. The van der Waals surface area contributed by atoms with Crippen molar-refractivity contribution in [3.63, 3.8) is 0 Å². The Labute approximate surface area is 148 Å². The maximum absolute atomic E-state index is 13.5. The van der Waals surface area contributed by atoms with Crippen molar-refractivity contribution in [3.8, 4) is 5.75 Å². The molecule has 2 aromatic carbocycles. The lowest BCUT2D eigenvalue weighted by Crippen LogP contribution is -2.48. The molecule has 1 heterocycles. The number of ether oxygens (including phenoxy) is 1. The summed E-state index contributed by atoms with van der Waals surface area (Å²) >= 11 is 5.67. The van der Waals surface area contributed by atoms with Crippen LogP contribution in [0.3, 0.4) is 0 Å². The molecule has 1 fully saturated rings. The Bertz CT molecular complexity index is 739. The van der Waals surface area contributed by atoms with Crippen LogP contribution in [-0.4, -0.2) is 35.3 Å². The molecule has 0 bridgehead atoms. The summed E-state index contributed by atoms with van der Waals surface area (Å²) in [4.78, 5) is 1.96. The van der Waals surface area contributed by atoms with Crippen LogP contribution < -0.4 is 4.74 Å². The fourth-order valence-electron chi connectivity index (χ4n) is 2.92. The first-order valence-corrected chi connectivity index (χ1v) is 8.25. The zero-order valence-electron chi connectivity index (χ0n) is 13.3. The molecule has 134 valence electrons. The summed E-state index contributed by atoms with van der Waals surface area (Å²) in [6, 6.07) is 7.52. The van der Waals surface area contributed by atoms with Crippen LogP contribution in [0, 0.1) is 17.5 Å². The number of hydrogen-bond donors (Lipinski definition) is 1. The highest BCUT2D eigenvalue weighted by atomic mass is 35.5. The third-order valence-corrected chi connectivity index (χ3v) is 4.42. The Hall–Kier alpha value is -1.76. The van der Waals surface area contributed by atoms with E-state index >= 15 is 0 Å². The van der Waals surface area contributed by atoms with Gasteiger partial charge in [0.1, 0.15) is 35.4 Å². The lowest BCUT2D eigenvalue weighted by atomic mass is 10.0. The first-order valence-electron chi connectivity index (χ1n) is 7.88. The summed E-state index contributed by atoms with van der Waals surface area (Å²) in [5.74, 6) is -1.89. The minimum Gasteiger partial charge on any atom is -0.487 e. The lowest BCUT2D eigenvalue weighted by Gasteiger charge is -2.36. The summed E-state index contributed by atoms with van der Waals surface area (Å²) in [7, 11) is 0. The van der Waals surface area contributed by atoms with Crippen LogP contribution in [-0.2, 0) is 6.54 Å². The van der Waals surface area contributed by atoms with Gasteiger partial charge in [-0.2, -0.15) is 0 Å². The van der Waals surface area contributed by atoms with Gasteiger partial charge in [0.05, 0.1) is 5.02 Å². The van der Waals surface area contributed by atoms with Crippen molar-refractivity contribution in [2.24, 2.45) is 0 Å². The van der Waals surface area contributed by atoms with E-state index in [0.29, 0.717) is 26.1 Å². The molecule has 25 heavy (non-hydrogen) atoms. The summed E-state index contributed by atoms with van der Waals surface area (Å²) in [5.41, 5.74) is 0.751. The fourth-order valence-corrected chi connectivity index (χ4v) is 3.04. The van der Waals surface area contributed by atoms with E-state index in [-0.39, 0.29) is 10.8 Å². The van der Waals surface area contributed by atoms with Crippen LogP contribution in [0.1, 0.15) is 12.0 Å². The van der Waals surface area contributed by atoms with Crippen LogP contribution in [0.5, 0.6) is 5.75 Å². The van der Waals surface area contributed by atoms with Gasteiger partial charge in [-0.3, -0.25) is 4.90 Å². The van der Waals surface area contributed by atoms with Gasteiger partial charge in [0, 0.05) is 37.8 Å². The molecule has 0 aromatic heterocycles. The smallest absolute Gasteiger partial charge is 0.142 e. The molecule has 2 aromatic rings. The molecule has 3 nitrogen and oxygen atoms in total. The van der Waals surface area contributed by atoms with Crippen molar-refractivity contribution in [1.82, 2.24) is 4.90 Å². The quantitative estimate of drug-likeness (QED) is 0.888. The number of piperidine rings is 1. The highest BCUT2D eigenvalue weighted by Crippen LogP contribution is 2.23. The van der Waals surface area contributed by atoms with Crippen LogP contribution >= 0.6 is 11.6 Å². The molecule has 1 N–H and O–H groups in total. The Kier molecular flexibility index (Phi) is 5.51. The highest BCUT2D eigenvalue weighted by Gasteiger charge is 2.29. The first kappa shape index (κ1) is 18.0. The van der Waals surface area contributed by atoms with Crippen LogP contribution in [0.2, 0.25) is 5.02 Å².